The van der Waals surface area contributed by atoms with Crippen molar-refractivity contribution >= 4 is 17.7 Å². The number of ether oxygens (including phenoxy) is 1. The largest absolute Gasteiger partial charge is 0.467 e. The van der Waals surface area contributed by atoms with Gasteiger partial charge in [-0.15, -0.1) is 0 Å². The molecule has 1 aromatic rings. The van der Waals surface area contributed by atoms with E-state index in [4.69, 9.17) is 5.73 Å². The Balaban J connectivity index is 2.57. The maximum absolute atomic E-state index is 11.8. The van der Waals surface area contributed by atoms with Gasteiger partial charge in [0.2, 0.25) is 5.91 Å². The van der Waals surface area contributed by atoms with E-state index in [-0.39, 0.29) is 18.4 Å². The number of hydrogen-bond acceptors (Lipinski definition) is 5. The molecule has 3 N–H and O–H groups in total. The number of aromatic nitrogens is 2. The molecule has 0 aliphatic heterocycles. The van der Waals surface area contributed by atoms with Gasteiger partial charge >= 0.3 is 5.97 Å². The molecule has 0 spiro atoms. The molecule has 0 saturated carbocycles. The SMILES string of the molecule is COC(=O)C(CC(C)C)NC(=O)Cn1ccc(N)n1. The first-order chi connectivity index (χ1) is 8.92. The van der Waals surface area contributed by atoms with Gasteiger partial charge in [-0.2, -0.15) is 5.10 Å². The van der Waals surface area contributed by atoms with Gasteiger partial charge in [-0.1, -0.05) is 13.8 Å². The fourth-order valence-electron chi connectivity index (χ4n) is 1.68. The van der Waals surface area contributed by atoms with Gasteiger partial charge in [0.15, 0.2) is 0 Å². The average Bonchev–Trinajstić information content (AvgIpc) is 2.72. The van der Waals surface area contributed by atoms with Gasteiger partial charge in [-0.25, -0.2) is 4.79 Å². The van der Waals surface area contributed by atoms with Crippen LogP contribution in [0, 0.1) is 5.92 Å². The lowest BCUT2D eigenvalue weighted by molar-refractivity contribution is -0.145. The van der Waals surface area contributed by atoms with Crippen LogP contribution in [-0.2, 0) is 20.9 Å². The van der Waals surface area contributed by atoms with E-state index >= 15 is 0 Å². The Bertz CT molecular complexity index is 442. The number of rotatable bonds is 6. The van der Waals surface area contributed by atoms with E-state index in [0.717, 1.165) is 0 Å². The van der Waals surface area contributed by atoms with Crippen LogP contribution in [0.5, 0.6) is 0 Å². The van der Waals surface area contributed by atoms with E-state index in [1.807, 2.05) is 13.8 Å². The van der Waals surface area contributed by atoms with Gasteiger partial charge in [0.1, 0.15) is 18.4 Å². The average molecular weight is 268 g/mol. The molecule has 1 rings (SSSR count). The fraction of sp³-hybridized carbons (Fsp3) is 0.583. The van der Waals surface area contributed by atoms with Crippen LogP contribution in [-0.4, -0.2) is 34.8 Å². The van der Waals surface area contributed by atoms with Crippen LogP contribution in [0.4, 0.5) is 5.82 Å². The lowest BCUT2D eigenvalue weighted by atomic mass is 10.0. The summed E-state index contributed by atoms with van der Waals surface area (Å²) in [5.74, 6) is -0.134. The first-order valence-electron chi connectivity index (χ1n) is 6.08. The Kier molecular flexibility index (Phi) is 5.35. The van der Waals surface area contributed by atoms with Crippen molar-refractivity contribution < 1.29 is 14.3 Å². The van der Waals surface area contributed by atoms with Crippen molar-refractivity contribution in [2.45, 2.75) is 32.9 Å². The molecule has 1 unspecified atom stereocenters. The van der Waals surface area contributed by atoms with Crippen molar-refractivity contribution in [1.82, 2.24) is 15.1 Å². The Morgan fingerprint density at radius 3 is 2.68 bits per heavy atom. The quantitative estimate of drug-likeness (QED) is 0.716. The minimum Gasteiger partial charge on any atom is -0.467 e. The second-order valence-corrected chi connectivity index (χ2v) is 4.71. The highest BCUT2D eigenvalue weighted by Gasteiger charge is 2.22. The number of nitrogens with two attached hydrogens (primary N) is 1. The third-order valence-electron chi connectivity index (χ3n) is 2.49. The molecular weight excluding hydrogens is 248 g/mol. The summed E-state index contributed by atoms with van der Waals surface area (Å²) < 4.78 is 6.08. The van der Waals surface area contributed by atoms with Gasteiger partial charge in [0.25, 0.3) is 0 Å². The Morgan fingerprint density at radius 2 is 2.21 bits per heavy atom. The second-order valence-electron chi connectivity index (χ2n) is 4.71. The minimum absolute atomic E-state index is 0.0167. The molecule has 0 radical (unpaired) electrons. The molecule has 1 atom stereocenters. The topological polar surface area (TPSA) is 99.2 Å². The molecule has 19 heavy (non-hydrogen) atoms. The number of esters is 1. The summed E-state index contributed by atoms with van der Waals surface area (Å²) >= 11 is 0. The number of carbonyl (C=O) groups is 2. The molecule has 0 aliphatic carbocycles. The Morgan fingerprint density at radius 1 is 1.53 bits per heavy atom. The predicted octanol–water partition coefficient (Wildman–Crippen LogP) is 0.169. The molecule has 1 amide bonds. The number of nitrogens with one attached hydrogen (secondary N) is 1. The molecule has 0 saturated heterocycles. The number of hydrogen-bond donors (Lipinski definition) is 2. The van der Waals surface area contributed by atoms with Crippen molar-refractivity contribution in [3.05, 3.63) is 12.3 Å². The van der Waals surface area contributed by atoms with E-state index in [2.05, 4.69) is 15.2 Å². The second kappa shape index (κ2) is 6.77. The van der Waals surface area contributed by atoms with Gasteiger partial charge in [0.05, 0.1) is 7.11 Å². The standard InChI is InChI=1S/C12H20N4O3/c1-8(2)6-9(12(18)19-3)14-11(17)7-16-5-4-10(13)15-16/h4-5,8-9H,6-7H2,1-3H3,(H2,13,15)(H,14,17). The maximum Gasteiger partial charge on any atom is 0.328 e. The monoisotopic (exact) mass is 268 g/mol. The smallest absolute Gasteiger partial charge is 0.328 e. The van der Waals surface area contributed by atoms with E-state index in [9.17, 15) is 9.59 Å². The van der Waals surface area contributed by atoms with Crippen LogP contribution in [0.2, 0.25) is 0 Å². The highest BCUT2D eigenvalue weighted by atomic mass is 16.5. The van der Waals surface area contributed by atoms with Crippen molar-refractivity contribution in [2.24, 2.45) is 5.92 Å². The normalized spacial score (nSPS) is 12.2. The van der Waals surface area contributed by atoms with Gasteiger partial charge in [0, 0.05) is 6.20 Å². The highest BCUT2D eigenvalue weighted by Crippen LogP contribution is 2.06. The zero-order valence-corrected chi connectivity index (χ0v) is 11.4. The van der Waals surface area contributed by atoms with E-state index in [1.54, 1.807) is 12.3 Å². The summed E-state index contributed by atoms with van der Waals surface area (Å²) in [6.07, 6.45) is 2.13. The number of nitrogens with zero attached hydrogens (tertiary/aromatic N) is 2. The molecule has 7 heteroatoms. The van der Waals surface area contributed by atoms with Crippen LogP contribution >= 0.6 is 0 Å². The molecule has 106 valence electrons. The molecule has 0 aliphatic rings. The molecular formula is C12H20N4O3. The zero-order valence-electron chi connectivity index (χ0n) is 11.4. The summed E-state index contributed by atoms with van der Waals surface area (Å²) in [5.41, 5.74) is 5.45. The predicted molar refractivity (Wildman–Crippen MR) is 70.0 cm³/mol. The van der Waals surface area contributed by atoms with Crippen molar-refractivity contribution in [1.29, 1.82) is 0 Å². The summed E-state index contributed by atoms with van der Waals surface area (Å²) in [7, 11) is 1.30. The Labute approximate surface area is 112 Å². The van der Waals surface area contributed by atoms with Gasteiger partial charge in [-0.3, -0.25) is 9.48 Å². The number of methoxy groups -OCH3 is 1. The lowest BCUT2D eigenvalue weighted by Crippen LogP contribution is -2.43. The highest BCUT2D eigenvalue weighted by molar-refractivity contribution is 5.84. The zero-order chi connectivity index (χ0) is 14.4. The number of carbonyl (C=O) groups excluding carboxylic acids is 2. The number of amides is 1. The van der Waals surface area contributed by atoms with E-state index in [0.29, 0.717) is 12.2 Å². The fourth-order valence-corrected chi connectivity index (χ4v) is 1.68. The number of anilines is 1. The lowest BCUT2D eigenvalue weighted by Gasteiger charge is -2.18. The minimum atomic E-state index is -0.634. The van der Waals surface area contributed by atoms with Crippen molar-refractivity contribution in [3.8, 4) is 0 Å². The Hall–Kier alpha value is -2.05. The molecule has 0 bridgehead atoms. The molecule has 1 heterocycles. The van der Waals surface area contributed by atoms with Crippen molar-refractivity contribution in [3.63, 3.8) is 0 Å². The van der Waals surface area contributed by atoms with Crippen LogP contribution in [0.1, 0.15) is 20.3 Å². The molecule has 1 aromatic heterocycles. The summed E-state index contributed by atoms with van der Waals surface area (Å²) in [6, 6.07) is 0.963. The summed E-state index contributed by atoms with van der Waals surface area (Å²) in [5, 5.41) is 6.54. The molecule has 7 nitrogen and oxygen atoms in total. The van der Waals surface area contributed by atoms with Gasteiger partial charge in [-0.05, 0) is 18.4 Å². The summed E-state index contributed by atoms with van der Waals surface area (Å²) in [6.45, 7) is 3.95. The van der Waals surface area contributed by atoms with Crippen LogP contribution < -0.4 is 11.1 Å². The molecule has 0 fully saturated rings. The van der Waals surface area contributed by atoms with Crippen LogP contribution in [0.25, 0.3) is 0 Å². The van der Waals surface area contributed by atoms with Crippen molar-refractivity contribution in [2.75, 3.05) is 12.8 Å². The van der Waals surface area contributed by atoms with Crippen LogP contribution in [0.3, 0.4) is 0 Å². The molecule has 0 aromatic carbocycles. The van der Waals surface area contributed by atoms with Gasteiger partial charge < -0.3 is 15.8 Å². The van der Waals surface area contributed by atoms with Crippen LogP contribution in [0.15, 0.2) is 12.3 Å². The number of nitrogen functional groups attached to an aromatic ring is 1. The third-order valence-corrected chi connectivity index (χ3v) is 2.49. The maximum atomic E-state index is 11.8. The summed E-state index contributed by atoms with van der Waals surface area (Å²) in [4.78, 5) is 23.4. The first kappa shape index (κ1) is 15.0. The third kappa shape index (κ3) is 4.99. The first-order valence-corrected chi connectivity index (χ1v) is 6.08. The van der Waals surface area contributed by atoms with E-state index in [1.165, 1.54) is 11.8 Å². The van der Waals surface area contributed by atoms with E-state index < -0.39 is 12.0 Å².